The number of carbonyl (C=O) groups is 1. The van der Waals surface area contributed by atoms with Crippen LogP contribution in [-0.4, -0.2) is 13.1 Å². The second-order valence-corrected chi connectivity index (χ2v) is 5.62. The minimum absolute atomic E-state index is 0.195. The molecular weight excluding hydrogens is 330 g/mol. The molecule has 0 spiro atoms. The number of hydrogen-bond acceptors (Lipinski definition) is 2. The van der Waals surface area contributed by atoms with Gasteiger partial charge < -0.3 is 16.0 Å². The molecule has 0 bridgehead atoms. The summed E-state index contributed by atoms with van der Waals surface area (Å²) in [4.78, 5) is 11.2. The van der Waals surface area contributed by atoms with Crippen molar-refractivity contribution in [1.29, 1.82) is 0 Å². The zero-order chi connectivity index (χ0) is 15.2. The number of rotatable bonds is 4. The first-order valence-corrected chi connectivity index (χ1v) is 7.48. The average Bonchev–Trinajstić information content (AvgIpc) is 2.49. The molecule has 1 unspecified atom stereocenters. The molecule has 0 radical (unpaired) electrons. The van der Waals surface area contributed by atoms with Crippen molar-refractivity contribution >= 4 is 33.3 Å². The maximum Gasteiger partial charge on any atom is 0.318 e. The molecule has 2 aromatic carbocycles. The second kappa shape index (κ2) is 7.13. The Morgan fingerprint density at radius 2 is 1.76 bits per heavy atom. The van der Waals surface area contributed by atoms with Crippen LogP contribution in [0.4, 0.5) is 16.2 Å². The number of halogens is 1. The van der Waals surface area contributed by atoms with E-state index in [9.17, 15) is 4.79 Å². The molecule has 21 heavy (non-hydrogen) atoms. The van der Waals surface area contributed by atoms with Gasteiger partial charge in [-0.05, 0) is 48.9 Å². The van der Waals surface area contributed by atoms with Gasteiger partial charge >= 0.3 is 6.03 Å². The number of nitrogens with one attached hydrogen (secondary N) is 3. The summed E-state index contributed by atoms with van der Waals surface area (Å²) in [6, 6.07) is 15.8. The van der Waals surface area contributed by atoms with Crippen molar-refractivity contribution < 1.29 is 4.79 Å². The van der Waals surface area contributed by atoms with E-state index in [0.29, 0.717) is 0 Å². The van der Waals surface area contributed by atoms with Gasteiger partial charge in [0.05, 0.1) is 0 Å². The van der Waals surface area contributed by atoms with Gasteiger partial charge in [-0.1, -0.05) is 28.1 Å². The van der Waals surface area contributed by atoms with Gasteiger partial charge in [-0.2, -0.15) is 0 Å². The van der Waals surface area contributed by atoms with Crippen LogP contribution in [-0.2, 0) is 0 Å². The molecule has 1 atom stereocenters. The minimum Gasteiger partial charge on any atom is -0.379 e. The molecule has 0 saturated carbocycles. The molecule has 0 fully saturated rings. The highest BCUT2D eigenvalue weighted by Gasteiger charge is 2.06. The van der Waals surface area contributed by atoms with E-state index in [1.807, 2.05) is 36.4 Å². The summed E-state index contributed by atoms with van der Waals surface area (Å²) in [6.45, 7) is 2.11. The van der Waals surface area contributed by atoms with Gasteiger partial charge in [-0.25, -0.2) is 4.79 Å². The van der Waals surface area contributed by atoms with Crippen LogP contribution < -0.4 is 16.0 Å². The van der Waals surface area contributed by atoms with E-state index in [1.54, 1.807) is 7.05 Å². The molecule has 0 aliphatic carbocycles. The summed E-state index contributed by atoms with van der Waals surface area (Å²) >= 11 is 3.48. The second-order valence-electron chi connectivity index (χ2n) is 4.70. The molecule has 2 aromatic rings. The van der Waals surface area contributed by atoms with Crippen LogP contribution in [0, 0.1) is 0 Å². The Balaban J connectivity index is 2.01. The highest BCUT2D eigenvalue weighted by atomic mass is 79.9. The molecule has 0 heterocycles. The molecule has 0 aliphatic rings. The SMILES string of the molecule is CNC(=O)Nc1ccc(NC(C)c2cccc(Br)c2)cc1. The predicted octanol–water partition coefficient (Wildman–Crippen LogP) is 4.37. The molecule has 0 aromatic heterocycles. The Bertz CT molecular complexity index is 613. The lowest BCUT2D eigenvalue weighted by molar-refractivity contribution is 0.254. The number of anilines is 2. The fourth-order valence-corrected chi connectivity index (χ4v) is 2.37. The summed E-state index contributed by atoms with van der Waals surface area (Å²) in [5, 5.41) is 8.67. The van der Waals surface area contributed by atoms with Crippen LogP contribution in [0.3, 0.4) is 0 Å². The van der Waals surface area contributed by atoms with E-state index in [4.69, 9.17) is 0 Å². The van der Waals surface area contributed by atoms with Crippen LogP contribution in [0.25, 0.3) is 0 Å². The van der Waals surface area contributed by atoms with Gasteiger partial charge in [-0.15, -0.1) is 0 Å². The summed E-state index contributed by atoms with van der Waals surface area (Å²) < 4.78 is 1.07. The summed E-state index contributed by atoms with van der Waals surface area (Å²) in [5.41, 5.74) is 2.97. The fourth-order valence-electron chi connectivity index (χ4n) is 1.95. The van der Waals surface area contributed by atoms with Crippen molar-refractivity contribution in [3.63, 3.8) is 0 Å². The van der Waals surface area contributed by atoms with Gasteiger partial charge in [0.15, 0.2) is 0 Å². The Labute approximate surface area is 133 Å². The standard InChI is InChI=1S/C16H18BrN3O/c1-11(12-4-3-5-13(17)10-12)19-14-6-8-15(9-7-14)20-16(21)18-2/h3-11,19H,1-2H3,(H2,18,20,21). The quantitative estimate of drug-likeness (QED) is 0.768. The topological polar surface area (TPSA) is 53.2 Å². The lowest BCUT2D eigenvalue weighted by Gasteiger charge is -2.16. The smallest absolute Gasteiger partial charge is 0.318 e. The number of carbonyl (C=O) groups excluding carboxylic acids is 1. The summed E-state index contributed by atoms with van der Waals surface area (Å²) in [7, 11) is 1.59. The first-order chi connectivity index (χ1) is 10.1. The van der Waals surface area contributed by atoms with Crippen molar-refractivity contribution in [3.8, 4) is 0 Å². The Morgan fingerprint density at radius 1 is 1.10 bits per heavy atom. The third-order valence-electron chi connectivity index (χ3n) is 3.10. The Morgan fingerprint density at radius 3 is 2.38 bits per heavy atom. The van der Waals surface area contributed by atoms with Gasteiger partial charge in [0, 0.05) is 28.9 Å². The molecule has 110 valence electrons. The molecule has 2 amide bonds. The zero-order valence-corrected chi connectivity index (χ0v) is 13.6. The maximum absolute atomic E-state index is 11.2. The predicted molar refractivity (Wildman–Crippen MR) is 90.7 cm³/mol. The molecule has 0 saturated heterocycles. The number of hydrogen-bond donors (Lipinski definition) is 3. The minimum atomic E-state index is -0.224. The van der Waals surface area contributed by atoms with Gasteiger partial charge in [-0.3, -0.25) is 0 Å². The van der Waals surface area contributed by atoms with Crippen LogP contribution in [0.1, 0.15) is 18.5 Å². The van der Waals surface area contributed by atoms with Crippen molar-refractivity contribution in [2.24, 2.45) is 0 Å². The monoisotopic (exact) mass is 347 g/mol. The van der Waals surface area contributed by atoms with E-state index in [2.05, 4.69) is 50.9 Å². The van der Waals surface area contributed by atoms with Gasteiger partial charge in [0.2, 0.25) is 0 Å². The van der Waals surface area contributed by atoms with Gasteiger partial charge in [0.25, 0.3) is 0 Å². The van der Waals surface area contributed by atoms with Crippen LogP contribution in [0.5, 0.6) is 0 Å². The molecule has 2 rings (SSSR count). The van der Waals surface area contributed by atoms with Crippen LogP contribution in [0.2, 0.25) is 0 Å². The molecule has 0 aliphatic heterocycles. The Hall–Kier alpha value is -2.01. The Kier molecular flexibility index (Phi) is 5.22. The molecular formula is C16H18BrN3O. The van der Waals surface area contributed by atoms with Crippen LogP contribution >= 0.6 is 15.9 Å². The molecule has 4 nitrogen and oxygen atoms in total. The van der Waals surface area contributed by atoms with Crippen molar-refractivity contribution in [1.82, 2.24) is 5.32 Å². The third kappa shape index (κ3) is 4.49. The lowest BCUT2D eigenvalue weighted by Crippen LogP contribution is -2.24. The lowest BCUT2D eigenvalue weighted by atomic mass is 10.1. The van der Waals surface area contributed by atoms with E-state index in [1.165, 1.54) is 5.56 Å². The number of urea groups is 1. The number of benzene rings is 2. The van der Waals surface area contributed by atoms with Crippen LogP contribution in [0.15, 0.2) is 53.0 Å². The largest absolute Gasteiger partial charge is 0.379 e. The summed E-state index contributed by atoms with van der Waals surface area (Å²) in [5.74, 6) is 0. The fraction of sp³-hybridized carbons (Fsp3) is 0.188. The van der Waals surface area contributed by atoms with Crippen molar-refractivity contribution in [2.45, 2.75) is 13.0 Å². The maximum atomic E-state index is 11.2. The van der Waals surface area contributed by atoms with E-state index in [0.717, 1.165) is 15.8 Å². The first-order valence-electron chi connectivity index (χ1n) is 6.69. The normalized spacial score (nSPS) is 11.6. The highest BCUT2D eigenvalue weighted by molar-refractivity contribution is 9.10. The van der Waals surface area contributed by atoms with Crippen molar-refractivity contribution in [3.05, 3.63) is 58.6 Å². The zero-order valence-electron chi connectivity index (χ0n) is 12.0. The first kappa shape index (κ1) is 15.4. The van der Waals surface area contributed by atoms with E-state index < -0.39 is 0 Å². The number of amides is 2. The summed E-state index contributed by atoms with van der Waals surface area (Å²) in [6.07, 6.45) is 0. The van der Waals surface area contributed by atoms with E-state index >= 15 is 0 Å². The average molecular weight is 348 g/mol. The molecule has 3 N–H and O–H groups in total. The highest BCUT2D eigenvalue weighted by Crippen LogP contribution is 2.23. The van der Waals surface area contributed by atoms with E-state index in [-0.39, 0.29) is 12.1 Å². The van der Waals surface area contributed by atoms with Crippen molar-refractivity contribution in [2.75, 3.05) is 17.7 Å². The molecule has 5 heteroatoms. The van der Waals surface area contributed by atoms with Gasteiger partial charge in [0.1, 0.15) is 0 Å². The third-order valence-corrected chi connectivity index (χ3v) is 3.59.